The van der Waals surface area contributed by atoms with E-state index in [1.165, 1.54) is 24.5 Å². The number of aliphatic hydroxyl groups excluding tert-OH is 1. The molecule has 25 heavy (non-hydrogen) atoms. The Bertz CT molecular complexity index is 747. The number of non-ortho nitro benzene ring substituents is 1. The van der Waals surface area contributed by atoms with Crippen molar-refractivity contribution in [3.63, 3.8) is 0 Å². The summed E-state index contributed by atoms with van der Waals surface area (Å²) in [6.45, 7) is 0.580. The third-order valence-electron chi connectivity index (χ3n) is 4.31. The van der Waals surface area contributed by atoms with E-state index in [9.17, 15) is 20.0 Å². The first-order chi connectivity index (χ1) is 12.0. The largest absolute Gasteiger partial charge is 0.467 e. The van der Waals surface area contributed by atoms with Gasteiger partial charge in [-0.3, -0.25) is 10.1 Å². The van der Waals surface area contributed by atoms with Crippen LogP contribution in [0.15, 0.2) is 47.1 Å². The van der Waals surface area contributed by atoms with Gasteiger partial charge in [-0.2, -0.15) is 0 Å². The summed E-state index contributed by atoms with van der Waals surface area (Å²) in [5.74, 6) is 0.478. The van der Waals surface area contributed by atoms with Crippen molar-refractivity contribution >= 4 is 17.4 Å². The van der Waals surface area contributed by atoms with E-state index in [1.54, 1.807) is 23.1 Å². The van der Waals surface area contributed by atoms with Crippen molar-refractivity contribution in [1.82, 2.24) is 4.90 Å². The summed E-state index contributed by atoms with van der Waals surface area (Å²) in [7, 11) is 0. The maximum Gasteiger partial charge on any atom is 0.322 e. The number of amides is 2. The average molecular weight is 345 g/mol. The minimum Gasteiger partial charge on any atom is -0.467 e. The van der Waals surface area contributed by atoms with Crippen LogP contribution in [0.25, 0.3) is 0 Å². The average Bonchev–Trinajstić information content (AvgIpc) is 3.26. The number of carbonyl (C=O) groups excluding carboxylic acids is 1. The molecular formula is C17H19N3O5. The molecule has 2 atom stereocenters. The van der Waals surface area contributed by atoms with Crippen molar-refractivity contribution in [2.45, 2.75) is 31.4 Å². The predicted octanol–water partition coefficient (Wildman–Crippen LogP) is 3.31. The Labute approximate surface area is 144 Å². The number of nitro groups is 1. The topological polar surface area (TPSA) is 109 Å². The van der Waals surface area contributed by atoms with Gasteiger partial charge < -0.3 is 19.7 Å². The molecular weight excluding hydrogens is 326 g/mol. The van der Waals surface area contributed by atoms with Gasteiger partial charge >= 0.3 is 6.03 Å². The van der Waals surface area contributed by atoms with E-state index in [1.807, 2.05) is 0 Å². The molecule has 0 radical (unpaired) electrons. The highest BCUT2D eigenvalue weighted by atomic mass is 16.6. The van der Waals surface area contributed by atoms with E-state index in [0.717, 1.165) is 12.8 Å². The lowest BCUT2D eigenvalue weighted by Gasteiger charge is -2.26. The molecule has 2 heterocycles. The van der Waals surface area contributed by atoms with E-state index in [4.69, 9.17) is 4.42 Å². The molecule has 0 saturated carbocycles. The molecule has 1 aliphatic heterocycles. The van der Waals surface area contributed by atoms with Crippen LogP contribution in [-0.4, -0.2) is 33.5 Å². The van der Waals surface area contributed by atoms with Gasteiger partial charge in [0, 0.05) is 36.8 Å². The lowest BCUT2D eigenvalue weighted by Crippen LogP contribution is -2.39. The highest BCUT2D eigenvalue weighted by Gasteiger charge is 2.31. The van der Waals surface area contributed by atoms with Crippen molar-refractivity contribution in [1.29, 1.82) is 0 Å². The number of nitro benzene ring substituents is 1. The number of nitrogens with zero attached hydrogens (tertiary/aromatic N) is 2. The first-order valence-electron chi connectivity index (χ1n) is 8.08. The van der Waals surface area contributed by atoms with Gasteiger partial charge in [-0.15, -0.1) is 0 Å². The fourth-order valence-electron chi connectivity index (χ4n) is 3.10. The van der Waals surface area contributed by atoms with Crippen LogP contribution >= 0.6 is 0 Å². The first-order valence-corrected chi connectivity index (χ1v) is 8.08. The molecule has 132 valence electrons. The van der Waals surface area contributed by atoms with Crippen LogP contribution in [0.1, 0.15) is 31.1 Å². The molecule has 0 spiro atoms. The number of anilines is 1. The van der Waals surface area contributed by atoms with Gasteiger partial charge in [0.15, 0.2) is 0 Å². The van der Waals surface area contributed by atoms with Gasteiger partial charge in [-0.1, -0.05) is 6.07 Å². The second-order valence-corrected chi connectivity index (χ2v) is 5.99. The quantitative estimate of drug-likeness (QED) is 0.638. The zero-order chi connectivity index (χ0) is 17.8. The Hall–Kier alpha value is -2.87. The van der Waals surface area contributed by atoms with Crippen molar-refractivity contribution in [3.05, 3.63) is 58.5 Å². The zero-order valence-corrected chi connectivity index (χ0v) is 13.5. The number of furan rings is 1. The number of rotatable bonds is 5. The molecule has 2 aromatic rings. The molecule has 1 saturated heterocycles. The van der Waals surface area contributed by atoms with E-state index in [0.29, 0.717) is 24.4 Å². The van der Waals surface area contributed by atoms with Crippen molar-refractivity contribution in [2.24, 2.45) is 0 Å². The molecule has 1 aliphatic rings. The second-order valence-electron chi connectivity index (χ2n) is 5.99. The fourth-order valence-corrected chi connectivity index (χ4v) is 3.10. The van der Waals surface area contributed by atoms with Gasteiger partial charge in [0.1, 0.15) is 11.9 Å². The maximum atomic E-state index is 12.5. The van der Waals surface area contributed by atoms with Crippen LogP contribution in [-0.2, 0) is 0 Å². The van der Waals surface area contributed by atoms with Crippen LogP contribution in [0.5, 0.6) is 0 Å². The summed E-state index contributed by atoms with van der Waals surface area (Å²) in [6, 6.07) is 8.79. The Morgan fingerprint density at radius 2 is 2.28 bits per heavy atom. The van der Waals surface area contributed by atoms with E-state index in [-0.39, 0.29) is 17.8 Å². The highest BCUT2D eigenvalue weighted by molar-refractivity contribution is 5.90. The van der Waals surface area contributed by atoms with Gasteiger partial charge in [0.2, 0.25) is 0 Å². The summed E-state index contributed by atoms with van der Waals surface area (Å²) in [5, 5.41) is 23.8. The third-order valence-corrected chi connectivity index (χ3v) is 4.31. The van der Waals surface area contributed by atoms with Crippen LogP contribution in [0.4, 0.5) is 16.2 Å². The summed E-state index contributed by atoms with van der Waals surface area (Å²) in [6.07, 6.45) is 2.75. The second kappa shape index (κ2) is 7.35. The zero-order valence-electron chi connectivity index (χ0n) is 13.5. The smallest absolute Gasteiger partial charge is 0.322 e. The van der Waals surface area contributed by atoms with Crippen LogP contribution in [0.3, 0.4) is 0 Å². The Kier molecular flexibility index (Phi) is 4.99. The molecule has 2 amide bonds. The minimum atomic E-state index is -0.772. The van der Waals surface area contributed by atoms with Gasteiger partial charge in [-0.05, 0) is 31.0 Å². The number of carbonyl (C=O) groups is 1. The summed E-state index contributed by atoms with van der Waals surface area (Å²) in [4.78, 5) is 24.5. The summed E-state index contributed by atoms with van der Waals surface area (Å²) < 4.78 is 5.20. The molecule has 2 N–H and O–H groups in total. The van der Waals surface area contributed by atoms with Crippen molar-refractivity contribution in [2.75, 3.05) is 11.9 Å². The molecule has 8 heteroatoms. The number of nitrogens with one attached hydrogen (secondary N) is 1. The van der Waals surface area contributed by atoms with Crippen molar-refractivity contribution < 1.29 is 19.2 Å². The molecule has 8 nitrogen and oxygen atoms in total. The summed E-state index contributed by atoms with van der Waals surface area (Å²) >= 11 is 0. The van der Waals surface area contributed by atoms with Crippen LogP contribution in [0.2, 0.25) is 0 Å². The lowest BCUT2D eigenvalue weighted by atomic mass is 10.1. The normalized spacial score (nSPS) is 18.1. The maximum absolute atomic E-state index is 12.5. The molecule has 1 fully saturated rings. The van der Waals surface area contributed by atoms with Crippen LogP contribution < -0.4 is 5.32 Å². The summed E-state index contributed by atoms with van der Waals surface area (Å²) in [5.41, 5.74) is 0.292. The number of likely N-dealkylation sites (tertiary alicyclic amines) is 1. The number of urea groups is 1. The van der Waals surface area contributed by atoms with Crippen LogP contribution in [0, 0.1) is 10.1 Å². The number of aliphatic hydroxyl groups is 1. The standard InChI is InChI=1S/C17H19N3O5/c21-15(16-7-3-9-25-16)11-13-6-2-8-19(13)17(22)18-12-4-1-5-14(10-12)20(23)24/h1,3-5,7,9-10,13,15,21H,2,6,8,11H2,(H,18,22). The highest BCUT2D eigenvalue weighted by Crippen LogP contribution is 2.28. The molecule has 1 aromatic heterocycles. The monoisotopic (exact) mass is 345 g/mol. The fraction of sp³-hybridized carbons (Fsp3) is 0.353. The SMILES string of the molecule is O=C(Nc1cccc([N+](=O)[O-])c1)N1CCCC1CC(O)c1ccco1. The Morgan fingerprint density at radius 3 is 3.00 bits per heavy atom. The first kappa shape index (κ1) is 17.0. The molecule has 1 aromatic carbocycles. The Balaban J connectivity index is 1.64. The van der Waals surface area contributed by atoms with E-state index in [2.05, 4.69) is 5.32 Å². The van der Waals surface area contributed by atoms with Gasteiger partial charge in [-0.25, -0.2) is 4.79 Å². The van der Waals surface area contributed by atoms with E-state index < -0.39 is 11.0 Å². The molecule has 0 aliphatic carbocycles. The number of hydrogen-bond acceptors (Lipinski definition) is 5. The number of benzene rings is 1. The predicted molar refractivity (Wildman–Crippen MR) is 90.1 cm³/mol. The minimum absolute atomic E-state index is 0.0796. The molecule has 2 unspecified atom stereocenters. The number of hydrogen-bond donors (Lipinski definition) is 2. The van der Waals surface area contributed by atoms with Gasteiger partial charge in [0.25, 0.3) is 5.69 Å². The lowest BCUT2D eigenvalue weighted by molar-refractivity contribution is -0.384. The molecule has 3 rings (SSSR count). The third kappa shape index (κ3) is 3.97. The van der Waals surface area contributed by atoms with Gasteiger partial charge in [0.05, 0.1) is 11.2 Å². The Morgan fingerprint density at radius 1 is 1.44 bits per heavy atom. The van der Waals surface area contributed by atoms with Crippen molar-refractivity contribution in [3.8, 4) is 0 Å². The van der Waals surface area contributed by atoms with E-state index >= 15 is 0 Å². The molecule has 0 bridgehead atoms.